The van der Waals surface area contributed by atoms with Gasteiger partial charge in [-0.15, -0.1) is 11.8 Å². The third-order valence-electron chi connectivity index (χ3n) is 4.97. The molecular formula is C24H24BrN3O2S. The van der Waals surface area contributed by atoms with Gasteiger partial charge in [0, 0.05) is 35.2 Å². The predicted molar refractivity (Wildman–Crippen MR) is 128 cm³/mol. The molecule has 5 nitrogen and oxygen atoms in total. The third kappa shape index (κ3) is 6.64. The fourth-order valence-corrected chi connectivity index (χ4v) is 4.71. The Hall–Kier alpha value is -2.19. The van der Waals surface area contributed by atoms with E-state index < -0.39 is 0 Å². The highest BCUT2D eigenvalue weighted by atomic mass is 79.9. The van der Waals surface area contributed by atoms with Gasteiger partial charge in [-0.3, -0.25) is 9.69 Å². The Bertz CT molecular complexity index is 1020. The van der Waals surface area contributed by atoms with Crippen LogP contribution in [0.2, 0.25) is 0 Å². The van der Waals surface area contributed by atoms with Gasteiger partial charge in [0.2, 0.25) is 5.91 Å². The summed E-state index contributed by atoms with van der Waals surface area (Å²) in [5.41, 5.74) is 3.09. The maximum atomic E-state index is 12.7. The smallest absolute Gasteiger partial charge is 0.238 e. The van der Waals surface area contributed by atoms with Crippen molar-refractivity contribution in [3.8, 4) is 0 Å². The molecule has 1 aromatic heterocycles. The van der Waals surface area contributed by atoms with Crippen molar-refractivity contribution >= 4 is 39.3 Å². The number of benzene rings is 2. The number of anilines is 1. The summed E-state index contributed by atoms with van der Waals surface area (Å²) < 4.78 is 6.96. The molecule has 0 radical (unpaired) electrons. The van der Waals surface area contributed by atoms with Crippen LogP contribution in [0.1, 0.15) is 17.2 Å². The molecule has 2 heterocycles. The molecule has 0 bridgehead atoms. The highest BCUT2D eigenvalue weighted by molar-refractivity contribution is 9.10. The summed E-state index contributed by atoms with van der Waals surface area (Å²) in [4.78, 5) is 19.1. The van der Waals surface area contributed by atoms with Gasteiger partial charge in [0.25, 0.3) is 0 Å². The van der Waals surface area contributed by atoms with Gasteiger partial charge < -0.3 is 10.1 Å². The average Bonchev–Trinajstić information content (AvgIpc) is 2.79. The molecule has 4 rings (SSSR count). The van der Waals surface area contributed by atoms with Gasteiger partial charge in [0.15, 0.2) is 0 Å². The summed E-state index contributed by atoms with van der Waals surface area (Å²) in [7, 11) is 0. The van der Waals surface area contributed by atoms with Crippen molar-refractivity contribution in [2.24, 2.45) is 0 Å². The molecule has 1 saturated heterocycles. The Morgan fingerprint density at radius 2 is 2.06 bits per heavy atom. The average molecular weight is 498 g/mol. The molecule has 3 aromatic rings. The van der Waals surface area contributed by atoms with Crippen molar-refractivity contribution in [2.75, 3.05) is 31.6 Å². The maximum Gasteiger partial charge on any atom is 0.238 e. The number of carbonyl (C=O) groups is 1. The van der Waals surface area contributed by atoms with Gasteiger partial charge >= 0.3 is 0 Å². The predicted octanol–water partition coefficient (Wildman–Crippen LogP) is 5.15. The zero-order valence-corrected chi connectivity index (χ0v) is 19.4. The summed E-state index contributed by atoms with van der Waals surface area (Å²) in [5.74, 6) is 0.794. The number of nitrogens with one attached hydrogen (secondary N) is 1. The number of thioether (sulfide) groups is 1. The fourth-order valence-electron chi connectivity index (χ4n) is 3.49. The highest BCUT2D eigenvalue weighted by Gasteiger charge is 2.23. The van der Waals surface area contributed by atoms with Gasteiger partial charge in [0.1, 0.15) is 0 Å². The number of nitrogens with zero attached hydrogens (tertiary/aromatic N) is 2. The van der Waals surface area contributed by atoms with Crippen LogP contribution in [0.4, 0.5) is 5.69 Å². The lowest BCUT2D eigenvalue weighted by Crippen LogP contribution is -2.42. The topological polar surface area (TPSA) is 54.5 Å². The molecule has 1 fully saturated rings. The van der Waals surface area contributed by atoms with Crippen LogP contribution in [0.3, 0.4) is 0 Å². The van der Waals surface area contributed by atoms with Crippen LogP contribution in [-0.2, 0) is 15.3 Å². The minimum atomic E-state index is -0.0222. The number of aromatic nitrogens is 1. The van der Waals surface area contributed by atoms with E-state index in [1.165, 1.54) is 0 Å². The quantitative estimate of drug-likeness (QED) is 0.457. The van der Waals surface area contributed by atoms with E-state index >= 15 is 0 Å². The zero-order chi connectivity index (χ0) is 21.5. The molecule has 1 amide bonds. The summed E-state index contributed by atoms with van der Waals surface area (Å²) in [6, 6.07) is 22.0. The lowest BCUT2D eigenvalue weighted by atomic mass is 10.1. The number of hydrogen-bond donors (Lipinski definition) is 1. The Morgan fingerprint density at radius 3 is 2.90 bits per heavy atom. The monoisotopic (exact) mass is 497 g/mol. The van der Waals surface area contributed by atoms with Crippen LogP contribution in [-0.4, -0.2) is 42.0 Å². The number of morpholine rings is 1. The van der Waals surface area contributed by atoms with Crippen molar-refractivity contribution in [3.63, 3.8) is 0 Å². The Labute approximate surface area is 195 Å². The van der Waals surface area contributed by atoms with E-state index in [1.54, 1.807) is 18.0 Å². The lowest BCUT2D eigenvalue weighted by Gasteiger charge is -2.32. The van der Waals surface area contributed by atoms with Gasteiger partial charge in [0.05, 0.1) is 24.3 Å². The van der Waals surface area contributed by atoms with E-state index in [9.17, 15) is 4.79 Å². The third-order valence-corrected chi connectivity index (χ3v) is 6.48. The lowest BCUT2D eigenvalue weighted by molar-refractivity contribution is -0.119. The van der Waals surface area contributed by atoms with E-state index in [-0.39, 0.29) is 12.0 Å². The van der Waals surface area contributed by atoms with Crippen molar-refractivity contribution in [1.29, 1.82) is 0 Å². The van der Waals surface area contributed by atoms with E-state index in [0.29, 0.717) is 19.7 Å². The second-order valence-electron chi connectivity index (χ2n) is 7.35. The molecule has 7 heteroatoms. The highest BCUT2D eigenvalue weighted by Crippen LogP contribution is 2.25. The van der Waals surface area contributed by atoms with Gasteiger partial charge in [-0.2, -0.15) is 0 Å². The Kier molecular flexibility index (Phi) is 7.75. The standard InChI is InChI=1S/C24H24BrN3O2S/c25-20-7-4-6-19(14-20)22-15-28(11-12-30-22)16-23(29)27-21-8-3-5-18(13-21)17-31-24-9-1-2-10-26-24/h1-10,13-14,22H,11-12,15-17H2,(H,27,29). The zero-order valence-electron chi connectivity index (χ0n) is 17.0. The molecular weight excluding hydrogens is 474 g/mol. The van der Waals surface area contributed by atoms with Gasteiger partial charge in [-0.1, -0.05) is 46.3 Å². The van der Waals surface area contributed by atoms with Crippen LogP contribution in [0.15, 0.2) is 82.4 Å². The van der Waals surface area contributed by atoms with Crippen LogP contribution >= 0.6 is 27.7 Å². The van der Waals surface area contributed by atoms with Crippen molar-refractivity contribution in [1.82, 2.24) is 9.88 Å². The second kappa shape index (κ2) is 10.9. The molecule has 1 unspecified atom stereocenters. The van der Waals surface area contributed by atoms with Crippen molar-refractivity contribution in [2.45, 2.75) is 16.9 Å². The normalized spacial score (nSPS) is 16.7. The maximum absolute atomic E-state index is 12.7. The van der Waals surface area contributed by atoms with Crippen molar-refractivity contribution in [3.05, 3.63) is 88.5 Å². The number of pyridine rings is 1. The summed E-state index contributed by atoms with van der Waals surface area (Å²) in [6.07, 6.45) is 1.78. The summed E-state index contributed by atoms with van der Waals surface area (Å²) in [6.45, 7) is 2.41. The molecule has 2 aromatic carbocycles. The van der Waals surface area contributed by atoms with E-state index in [0.717, 1.165) is 38.6 Å². The van der Waals surface area contributed by atoms with Gasteiger partial charge in [-0.25, -0.2) is 4.98 Å². The van der Waals surface area contributed by atoms with Crippen LogP contribution < -0.4 is 5.32 Å². The first-order valence-electron chi connectivity index (χ1n) is 10.2. The summed E-state index contributed by atoms with van der Waals surface area (Å²) >= 11 is 5.19. The van der Waals surface area contributed by atoms with Gasteiger partial charge in [-0.05, 0) is 47.5 Å². The fraction of sp³-hybridized carbons (Fsp3) is 0.250. The first kappa shape index (κ1) is 22.0. The number of amides is 1. The largest absolute Gasteiger partial charge is 0.371 e. The molecule has 0 saturated carbocycles. The summed E-state index contributed by atoms with van der Waals surface area (Å²) in [5, 5.41) is 4.03. The van der Waals surface area contributed by atoms with E-state index in [4.69, 9.17) is 4.74 Å². The van der Waals surface area contributed by atoms with Crippen LogP contribution in [0.25, 0.3) is 0 Å². The SMILES string of the molecule is O=C(CN1CCOC(c2cccc(Br)c2)C1)Nc1cccc(CSc2ccccn2)c1. The number of carbonyl (C=O) groups excluding carboxylic acids is 1. The van der Waals surface area contributed by atoms with E-state index in [1.807, 2.05) is 48.5 Å². The van der Waals surface area contributed by atoms with Crippen LogP contribution in [0.5, 0.6) is 0 Å². The Morgan fingerprint density at radius 1 is 1.16 bits per heavy atom. The second-order valence-corrected chi connectivity index (χ2v) is 9.27. The molecule has 31 heavy (non-hydrogen) atoms. The first-order chi connectivity index (χ1) is 15.2. The Balaban J connectivity index is 1.30. The minimum Gasteiger partial charge on any atom is -0.371 e. The number of rotatable bonds is 7. The number of hydrogen-bond acceptors (Lipinski definition) is 5. The number of ether oxygens (including phenoxy) is 1. The minimum absolute atomic E-state index is 0.00980. The molecule has 160 valence electrons. The van der Waals surface area contributed by atoms with Crippen molar-refractivity contribution < 1.29 is 9.53 Å². The van der Waals surface area contributed by atoms with Crippen LogP contribution in [0, 0.1) is 0 Å². The molecule has 0 aliphatic carbocycles. The molecule has 0 spiro atoms. The first-order valence-corrected chi connectivity index (χ1v) is 12.0. The number of halogens is 1. The van der Waals surface area contributed by atoms with E-state index in [2.05, 4.69) is 49.3 Å². The molecule has 1 aliphatic heterocycles. The molecule has 1 atom stereocenters. The molecule has 1 N–H and O–H groups in total. The molecule has 1 aliphatic rings.